The van der Waals surface area contributed by atoms with Gasteiger partial charge >= 0.3 is 0 Å². The molecule has 2 aromatic carbocycles. The molecule has 0 aromatic heterocycles. The molecule has 0 heterocycles. The summed E-state index contributed by atoms with van der Waals surface area (Å²) >= 11 is 0. The summed E-state index contributed by atoms with van der Waals surface area (Å²) in [5.41, 5.74) is 11.5. The lowest BCUT2D eigenvalue weighted by molar-refractivity contribution is 0.720. The Balaban J connectivity index is 2.13. The molecule has 0 saturated carbocycles. The van der Waals surface area contributed by atoms with Crippen LogP contribution in [0.3, 0.4) is 0 Å². The maximum atomic E-state index is 6.30. The molecule has 0 spiro atoms. The minimum Gasteiger partial charge on any atom is -0.324 e. The Bertz CT molecular complexity index is 517. The van der Waals surface area contributed by atoms with Gasteiger partial charge in [0.05, 0.1) is 0 Å². The second-order valence-electron chi connectivity index (χ2n) is 4.90. The Morgan fingerprint density at radius 1 is 1.00 bits per heavy atom. The van der Waals surface area contributed by atoms with E-state index in [9.17, 15) is 0 Å². The molecule has 0 saturated heterocycles. The van der Waals surface area contributed by atoms with Crippen LogP contribution >= 0.6 is 0 Å². The fraction of sp³-hybridized carbons (Fsp3) is 0.294. The third-order valence-electron chi connectivity index (χ3n) is 3.33. The van der Waals surface area contributed by atoms with Gasteiger partial charge < -0.3 is 5.73 Å². The molecule has 18 heavy (non-hydrogen) atoms. The van der Waals surface area contributed by atoms with Gasteiger partial charge in [0, 0.05) is 6.04 Å². The Morgan fingerprint density at radius 3 is 2.44 bits per heavy atom. The lowest BCUT2D eigenvalue weighted by atomic mass is 9.97. The van der Waals surface area contributed by atoms with Crippen LogP contribution in [0.4, 0.5) is 0 Å². The third kappa shape index (κ3) is 3.21. The van der Waals surface area contributed by atoms with Crippen molar-refractivity contribution in [3.63, 3.8) is 0 Å². The van der Waals surface area contributed by atoms with Crippen LogP contribution in [0.2, 0.25) is 0 Å². The molecule has 0 radical (unpaired) electrons. The first-order valence-electron chi connectivity index (χ1n) is 6.59. The van der Waals surface area contributed by atoms with Gasteiger partial charge in [-0.1, -0.05) is 61.0 Å². The van der Waals surface area contributed by atoms with E-state index in [0.717, 1.165) is 12.8 Å². The first-order chi connectivity index (χ1) is 8.69. The SMILES string of the molecule is CCc1cccc(C(N)Cc2cccc(C)c2)c1. The molecule has 0 fully saturated rings. The Kier molecular flexibility index (Phi) is 4.16. The molecule has 1 heteroatoms. The van der Waals surface area contributed by atoms with Crippen molar-refractivity contribution < 1.29 is 0 Å². The van der Waals surface area contributed by atoms with E-state index < -0.39 is 0 Å². The summed E-state index contributed by atoms with van der Waals surface area (Å²) in [6.45, 7) is 4.29. The summed E-state index contributed by atoms with van der Waals surface area (Å²) in [6.07, 6.45) is 1.96. The molecule has 0 aliphatic heterocycles. The molecule has 0 amide bonds. The smallest absolute Gasteiger partial charge is 0.0335 e. The van der Waals surface area contributed by atoms with Crippen LogP contribution in [0.15, 0.2) is 48.5 Å². The number of aryl methyl sites for hydroxylation is 2. The lowest BCUT2D eigenvalue weighted by Crippen LogP contribution is -2.13. The van der Waals surface area contributed by atoms with Crippen molar-refractivity contribution in [1.29, 1.82) is 0 Å². The van der Waals surface area contributed by atoms with E-state index in [0.29, 0.717) is 0 Å². The zero-order valence-electron chi connectivity index (χ0n) is 11.2. The highest BCUT2D eigenvalue weighted by Gasteiger charge is 2.07. The normalized spacial score (nSPS) is 12.4. The van der Waals surface area contributed by atoms with E-state index in [1.54, 1.807) is 0 Å². The van der Waals surface area contributed by atoms with Crippen molar-refractivity contribution in [2.24, 2.45) is 5.73 Å². The first-order valence-corrected chi connectivity index (χ1v) is 6.59. The molecule has 1 nitrogen and oxygen atoms in total. The Labute approximate surface area is 110 Å². The molecule has 2 rings (SSSR count). The number of benzene rings is 2. The average molecular weight is 239 g/mol. The Morgan fingerprint density at radius 2 is 1.72 bits per heavy atom. The summed E-state index contributed by atoms with van der Waals surface area (Å²) in [7, 11) is 0. The van der Waals surface area contributed by atoms with Gasteiger partial charge in [-0.15, -0.1) is 0 Å². The summed E-state index contributed by atoms with van der Waals surface area (Å²) < 4.78 is 0. The van der Waals surface area contributed by atoms with Crippen LogP contribution in [-0.4, -0.2) is 0 Å². The number of hydrogen-bond acceptors (Lipinski definition) is 1. The van der Waals surface area contributed by atoms with Crippen LogP contribution < -0.4 is 5.73 Å². The number of rotatable bonds is 4. The topological polar surface area (TPSA) is 26.0 Å². The van der Waals surface area contributed by atoms with Crippen molar-refractivity contribution in [3.05, 3.63) is 70.8 Å². The highest BCUT2D eigenvalue weighted by molar-refractivity contribution is 5.29. The van der Waals surface area contributed by atoms with Gasteiger partial charge in [0.1, 0.15) is 0 Å². The molecule has 1 unspecified atom stereocenters. The quantitative estimate of drug-likeness (QED) is 0.863. The molecule has 1 atom stereocenters. The van der Waals surface area contributed by atoms with Gasteiger partial charge in [-0.25, -0.2) is 0 Å². The van der Waals surface area contributed by atoms with Crippen molar-refractivity contribution in [2.75, 3.05) is 0 Å². The van der Waals surface area contributed by atoms with Gasteiger partial charge in [-0.2, -0.15) is 0 Å². The van der Waals surface area contributed by atoms with E-state index in [-0.39, 0.29) is 6.04 Å². The summed E-state index contributed by atoms with van der Waals surface area (Å²) in [4.78, 5) is 0. The Hall–Kier alpha value is -1.60. The van der Waals surface area contributed by atoms with Crippen LogP contribution in [0.1, 0.15) is 35.2 Å². The summed E-state index contributed by atoms with van der Waals surface area (Å²) in [5, 5.41) is 0. The molecule has 94 valence electrons. The van der Waals surface area contributed by atoms with Crippen LogP contribution in [-0.2, 0) is 12.8 Å². The fourth-order valence-corrected chi connectivity index (χ4v) is 2.25. The molecule has 2 N–H and O–H groups in total. The van der Waals surface area contributed by atoms with Gasteiger partial charge in [0.15, 0.2) is 0 Å². The van der Waals surface area contributed by atoms with E-state index >= 15 is 0 Å². The average Bonchev–Trinajstić information content (AvgIpc) is 2.39. The maximum absolute atomic E-state index is 6.30. The van der Waals surface area contributed by atoms with E-state index in [4.69, 9.17) is 5.73 Å². The van der Waals surface area contributed by atoms with Crippen molar-refractivity contribution in [2.45, 2.75) is 32.7 Å². The number of hydrogen-bond donors (Lipinski definition) is 1. The van der Waals surface area contributed by atoms with Gasteiger partial charge in [0.25, 0.3) is 0 Å². The van der Waals surface area contributed by atoms with Crippen molar-refractivity contribution >= 4 is 0 Å². The van der Waals surface area contributed by atoms with Crippen LogP contribution in [0.25, 0.3) is 0 Å². The third-order valence-corrected chi connectivity index (χ3v) is 3.33. The largest absolute Gasteiger partial charge is 0.324 e. The maximum Gasteiger partial charge on any atom is 0.0335 e. The molecule has 2 aromatic rings. The van der Waals surface area contributed by atoms with Crippen LogP contribution in [0, 0.1) is 6.92 Å². The lowest BCUT2D eigenvalue weighted by Gasteiger charge is -2.13. The van der Waals surface area contributed by atoms with E-state index in [2.05, 4.69) is 62.4 Å². The predicted octanol–water partition coefficient (Wildman–Crippen LogP) is 3.80. The van der Waals surface area contributed by atoms with E-state index in [1.165, 1.54) is 22.3 Å². The molecular weight excluding hydrogens is 218 g/mol. The van der Waals surface area contributed by atoms with Gasteiger partial charge in [-0.3, -0.25) is 0 Å². The number of nitrogens with two attached hydrogens (primary N) is 1. The second-order valence-corrected chi connectivity index (χ2v) is 4.90. The minimum absolute atomic E-state index is 0.0818. The summed E-state index contributed by atoms with van der Waals surface area (Å²) in [5.74, 6) is 0. The highest BCUT2D eigenvalue weighted by atomic mass is 14.6. The predicted molar refractivity (Wildman–Crippen MR) is 77.6 cm³/mol. The monoisotopic (exact) mass is 239 g/mol. The molecular formula is C17H21N. The van der Waals surface area contributed by atoms with Gasteiger partial charge in [0.2, 0.25) is 0 Å². The molecule has 0 aliphatic rings. The highest BCUT2D eigenvalue weighted by Crippen LogP contribution is 2.18. The minimum atomic E-state index is 0.0818. The van der Waals surface area contributed by atoms with Crippen molar-refractivity contribution in [1.82, 2.24) is 0 Å². The zero-order valence-corrected chi connectivity index (χ0v) is 11.2. The second kappa shape index (κ2) is 5.83. The zero-order chi connectivity index (χ0) is 13.0. The summed E-state index contributed by atoms with van der Waals surface area (Å²) in [6, 6.07) is 17.3. The van der Waals surface area contributed by atoms with E-state index in [1.807, 2.05) is 0 Å². The van der Waals surface area contributed by atoms with Gasteiger partial charge in [-0.05, 0) is 36.5 Å². The van der Waals surface area contributed by atoms with Crippen molar-refractivity contribution in [3.8, 4) is 0 Å². The first kappa shape index (κ1) is 12.8. The fourth-order valence-electron chi connectivity index (χ4n) is 2.25. The standard InChI is InChI=1S/C17H21N/c1-3-14-7-5-9-16(11-14)17(18)12-15-8-4-6-13(2)10-15/h4-11,17H,3,12,18H2,1-2H3. The molecule has 0 aliphatic carbocycles. The molecule has 0 bridgehead atoms. The van der Waals surface area contributed by atoms with Crippen LogP contribution in [0.5, 0.6) is 0 Å².